The Bertz CT molecular complexity index is 1760. The van der Waals surface area contributed by atoms with Crippen molar-refractivity contribution in [3.05, 3.63) is 99.6 Å². The van der Waals surface area contributed by atoms with Gasteiger partial charge in [-0.05, 0) is 43.5 Å². The Labute approximate surface area is 223 Å². The van der Waals surface area contributed by atoms with Crippen LogP contribution in [0.4, 0.5) is 5.69 Å². The van der Waals surface area contributed by atoms with Gasteiger partial charge in [0.1, 0.15) is 23.3 Å². The minimum atomic E-state index is -0.659. The number of nitro benzene ring substituents is 1. The van der Waals surface area contributed by atoms with Crippen molar-refractivity contribution in [1.29, 1.82) is 0 Å². The van der Waals surface area contributed by atoms with E-state index in [0.717, 1.165) is 4.88 Å². The molecule has 4 heterocycles. The first-order valence-corrected chi connectivity index (χ1v) is 13.2. The fourth-order valence-corrected chi connectivity index (χ4v) is 6.06. The highest BCUT2D eigenvalue weighted by Crippen LogP contribution is 2.35. The van der Waals surface area contributed by atoms with E-state index < -0.39 is 16.9 Å². The smallest absolute Gasteiger partial charge is 0.338 e. The van der Waals surface area contributed by atoms with Gasteiger partial charge >= 0.3 is 5.97 Å². The number of allylic oxidation sites excluding steroid dienone is 1. The van der Waals surface area contributed by atoms with Crippen molar-refractivity contribution >= 4 is 40.4 Å². The molecule has 3 aromatic heterocycles. The number of methoxy groups -OCH3 is 1. The summed E-state index contributed by atoms with van der Waals surface area (Å²) in [5.74, 6) is 0.617. The zero-order valence-electron chi connectivity index (χ0n) is 20.5. The maximum Gasteiger partial charge on any atom is 0.338 e. The molecule has 194 valence electrons. The van der Waals surface area contributed by atoms with Crippen LogP contribution in [0.15, 0.2) is 73.3 Å². The van der Waals surface area contributed by atoms with Crippen LogP contribution in [0.5, 0.6) is 5.75 Å². The van der Waals surface area contributed by atoms with E-state index >= 15 is 0 Å². The van der Waals surface area contributed by atoms with Crippen LogP contribution in [0, 0.1) is 10.1 Å². The van der Waals surface area contributed by atoms with Gasteiger partial charge in [0.25, 0.3) is 11.2 Å². The van der Waals surface area contributed by atoms with E-state index in [1.54, 1.807) is 32.1 Å². The van der Waals surface area contributed by atoms with Gasteiger partial charge in [0, 0.05) is 23.1 Å². The molecule has 1 aromatic carbocycles. The Morgan fingerprint density at radius 1 is 1.29 bits per heavy atom. The lowest BCUT2D eigenvalue weighted by Gasteiger charge is -2.23. The maximum atomic E-state index is 13.6. The first-order chi connectivity index (χ1) is 18.3. The SMILES string of the molecule is CCOC(=O)C1=C(C)N=c2s/c(=C\c3ccc(-c4cc([N+](=O)[O-])ccc4OC)o3)c(=O)n2[C@@H]1c1cccs1. The number of rotatable bonds is 7. The molecule has 0 aliphatic carbocycles. The second-order valence-electron chi connectivity index (χ2n) is 8.16. The number of ether oxygens (including phenoxy) is 2. The number of carbonyl (C=O) groups is 1. The van der Waals surface area contributed by atoms with Crippen LogP contribution < -0.4 is 19.6 Å². The van der Waals surface area contributed by atoms with Crippen molar-refractivity contribution in [2.24, 2.45) is 4.99 Å². The Hall–Kier alpha value is -4.29. The fourth-order valence-electron chi connectivity index (χ4n) is 4.21. The molecule has 0 saturated carbocycles. The normalized spacial score (nSPS) is 15.2. The molecule has 0 fully saturated rings. The summed E-state index contributed by atoms with van der Waals surface area (Å²) in [6.45, 7) is 3.66. The summed E-state index contributed by atoms with van der Waals surface area (Å²) < 4.78 is 18.4. The molecule has 1 aliphatic heterocycles. The molecule has 0 radical (unpaired) electrons. The van der Waals surface area contributed by atoms with Gasteiger partial charge in [-0.2, -0.15) is 0 Å². The van der Waals surface area contributed by atoms with Crippen LogP contribution in [0.3, 0.4) is 0 Å². The van der Waals surface area contributed by atoms with Crippen molar-refractivity contribution in [3.63, 3.8) is 0 Å². The molecule has 4 aromatic rings. The molecule has 0 spiro atoms. The number of nitrogens with zero attached hydrogens (tertiary/aromatic N) is 3. The molecular weight excluding hydrogens is 530 g/mol. The van der Waals surface area contributed by atoms with Crippen molar-refractivity contribution in [2.45, 2.75) is 19.9 Å². The average molecular weight is 552 g/mol. The van der Waals surface area contributed by atoms with Gasteiger partial charge < -0.3 is 13.9 Å². The van der Waals surface area contributed by atoms with Gasteiger partial charge in [0.15, 0.2) is 4.80 Å². The quantitative estimate of drug-likeness (QED) is 0.193. The number of carbonyl (C=O) groups excluding carboxylic acids is 1. The van der Waals surface area contributed by atoms with Crippen LogP contribution in [0.2, 0.25) is 0 Å². The Morgan fingerprint density at radius 3 is 2.79 bits per heavy atom. The number of hydrogen-bond donors (Lipinski definition) is 0. The highest BCUT2D eigenvalue weighted by molar-refractivity contribution is 7.10. The third-order valence-electron chi connectivity index (χ3n) is 5.89. The van der Waals surface area contributed by atoms with Gasteiger partial charge in [0.2, 0.25) is 0 Å². The second-order valence-corrected chi connectivity index (χ2v) is 10.1. The molecule has 12 heteroatoms. The van der Waals surface area contributed by atoms with Gasteiger partial charge in [-0.15, -0.1) is 11.3 Å². The first-order valence-electron chi connectivity index (χ1n) is 11.5. The lowest BCUT2D eigenvalue weighted by Crippen LogP contribution is -2.39. The topological polar surface area (TPSA) is 126 Å². The van der Waals surface area contributed by atoms with Gasteiger partial charge in [-0.3, -0.25) is 19.5 Å². The minimum absolute atomic E-state index is 0.103. The molecule has 0 amide bonds. The molecular formula is C26H21N3O7S2. The number of esters is 1. The zero-order valence-corrected chi connectivity index (χ0v) is 22.1. The van der Waals surface area contributed by atoms with E-state index in [-0.39, 0.29) is 17.9 Å². The number of non-ortho nitro benzene ring substituents is 1. The number of hydrogen-bond acceptors (Lipinski definition) is 10. The monoisotopic (exact) mass is 551 g/mol. The van der Waals surface area contributed by atoms with E-state index in [1.807, 2.05) is 17.5 Å². The van der Waals surface area contributed by atoms with Crippen molar-refractivity contribution in [1.82, 2.24) is 4.57 Å². The fraction of sp³-hybridized carbons (Fsp3) is 0.192. The highest BCUT2D eigenvalue weighted by Gasteiger charge is 2.34. The summed E-state index contributed by atoms with van der Waals surface area (Å²) in [6.07, 6.45) is 1.59. The number of thiophene rings is 1. The molecule has 10 nitrogen and oxygen atoms in total. The molecule has 0 N–H and O–H groups in total. The summed E-state index contributed by atoms with van der Waals surface area (Å²) in [6, 6.07) is 10.6. The van der Waals surface area contributed by atoms with Gasteiger partial charge in [-0.1, -0.05) is 17.4 Å². The van der Waals surface area contributed by atoms with E-state index in [9.17, 15) is 19.7 Å². The summed E-state index contributed by atoms with van der Waals surface area (Å²) in [5, 5.41) is 13.1. The number of thiazole rings is 1. The van der Waals surface area contributed by atoms with E-state index in [0.29, 0.717) is 43.4 Å². The zero-order chi connectivity index (χ0) is 27.0. The minimum Gasteiger partial charge on any atom is -0.496 e. The summed E-state index contributed by atoms with van der Waals surface area (Å²) in [5.41, 5.74) is 0.801. The highest BCUT2D eigenvalue weighted by atomic mass is 32.1. The third kappa shape index (κ3) is 4.48. The lowest BCUT2D eigenvalue weighted by molar-refractivity contribution is -0.384. The van der Waals surface area contributed by atoms with Crippen molar-refractivity contribution in [2.75, 3.05) is 13.7 Å². The number of nitro groups is 1. The standard InChI is InChI=1S/C26H21N3O7S2/c1-4-35-25(31)22-14(2)27-26-28(23(22)20-6-5-11-37-20)24(30)21(38-26)13-16-8-10-19(36-16)17-12-15(29(32)33)7-9-18(17)34-3/h5-13,23H,4H2,1-3H3/b21-13-/t23-/m1/s1. The lowest BCUT2D eigenvalue weighted by atomic mass is 10.0. The molecule has 1 atom stereocenters. The van der Waals surface area contributed by atoms with E-state index in [2.05, 4.69) is 4.99 Å². The molecule has 5 rings (SSSR count). The van der Waals surface area contributed by atoms with Gasteiger partial charge in [-0.25, -0.2) is 9.79 Å². The molecule has 0 saturated heterocycles. The largest absolute Gasteiger partial charge is 0.496 e. The van der Waals surface area contributed by atoms with E-state index in [1.165, 1.54) is 52.5 Å². The molecule has 1 aliphatic rings. The number of aromatic nitrogens is 1. The second kappa shape index (κ2) is 10.2. The Kier molecular flexibility index (Phi) is 6.83. The summed E-state index contributed by atoms with van der Waals surface area (Å²) in [7, 11) is 1.46. The van der Waals surface area contributed by atoms with Crippen molar-refractivity contribution in [3.8, 4) is 17.1 Å². The van der Waals surface area contributed by atoms with Crippen LogP contribution in [0.1, 0.15) is 30.5 Å². The molecule has 38 heavy (non-hydrogen) atoms. The average Bonchev–Trinajstić information content (AvgIpc) is 3.65. The molecule has 0 unspecified atom stereocenters. The maximum absolute atomic E-state index is 13.6. The number of furan rings is 1. The predicted octanol–water partition coefficient (Wildman–Crippen LogP) is 4.04. The predicted molar refractivity (Wildman–Crippen MR) is 142 cm³/mol. The van der Waals surface area contributed by atoms with Crippen LogP contribution in [-0.2, 0) is 9.53 Å². The van der Waals surface area contributed by atoms with Gasteiger partial charge in [0.05, 0.1) is 40.0 Å². The van der Waals surface area contributed by atoms with Crippen LogP contribution >= 0.6 is 22.7 Å². The summed E-state index contributed by atoms with van der Waals surface area (Å²) >= 11 is 2.62. The third-order valence-corrected chi connectivity index (χ3v) is 7.80. The molecule has 0 bridgehead atoms. The number of benzene rings is 1. The van der Waals surface area contributed by atoms with Crippen molar-refractivity contribution < 1.29 is 23.6 Å². The Morgan fingerprint density at radius 2 is 2.11 bits per heavy atom. The van der Waals surface area contributed by atoms with Crippen LogP contribution in [-0.4, -0.2) is 29.2 Å². The summed E-state index contributed by atoms with van der Waals surface area (Å²) in [4.78, 5) is 43.1. The van der Waals surface area contributed by atoms with Crippen LogP contribution in [0.25, 0.3) is 17.4 Å². The Balaban J connectivity index is 1.61. The first kappa shape index (κ1) is 25.4. The van der Waals surface area contributed by atoms with E-state index in [4.69, 9.17) is 13.9 Å². The number of fused-ring (bicyclic) bond motifs is 1.